The van der Waals surface area contributed by atoms with Crippen LogP contribution in [0.25, 0.3) is 0 Å². The fraction of sp³-hybridized carbons (Fsp3) is 0.889. The van der Waals surface area contributed by atoms with Crippen LogP contribution in [-0.4, -0.2) is 43.0 Å². The smallest absolute Gasteiger partial charge is 0.303 e. The molecular formula is C9H19NO5S. The van der Waals surface area contributed by atoms with Crippen LogP contribution in [0.4, 0.5) is 0 Å². The second kappa shape index (κ2) is 6.82. The second-order valence-electron chi connectivity index (χ2n) is 3.97. The third-order valence-electron chi connectivity index (χ3n) is 2.14. The van der Waals surface area contributed by atoms with Crippen molar-refractivity contribution in [1.82, 2.24) is 4.72 Å². The topological polar surface area (TPSA) is 104 Å². The SMILES string of the molecule is CC(C)[C@@H](CO)NS(=O)(=O)CCCC(=O)O. The Morgan fingerprint density at radius 3 is 2.31 bits per heavy atom. The molecule has 6 nitrogen and oxygen atoms in total. The van der Waals surface area contributed by atoms with E-state index < -0.39 is 22.0 Å². The highest BCUT2D eigenvalue weighted by Gasteiger charge is 2.19. The minimum Gasteiger partial charge on any atom is -0.481 e. The summed E-state index contributed by atoms with van der Waals surface area (Å²) < 4.78 is 25.3. The summed E-state index contributed by atoms with van der Waals surface area (Å²) in [6.07, 6.45) is -0.104. The van der Waals surface area contributed by atoms with Crippen molar-refractivity contribution in [3.05, 3.63) is 0 Å². The third-order valence-corrected chi connectivity index (χ3v) is 3.62. The number of sulfonamides is 1. The predicted molar refractivity (Wildman–Crippen MR) is 59.5 cm³/mol. The van der Waals surface area contributed by atoms with Crippen molar-refractivity contribution < 1.29 is 23.4 Å². The van der Waals surface area contributed by atoms with Gasteiger partial charge in [-0.25, -0.2) is 13.1 Å². The second-order valence-corrected chi connectivity index (χ2v) is 5.84. The highest BCUT2D eigenvalue weighted by molar-refractivity contribution is 7.89. The number of carboxylic acids is 1. The van der Waals surface area contributed by atoms with Crippen molar-refractivity contribution in [3.8, 4) is 0 Å². The number of hydrogen-bond acceptors (Lipinski definition) is 4. The quantitative estimate of drug-likeness (QED) is 0.555. The van der Waals surface area contributed by atoms with Gasteiger partial charge in [0.05, 0.1) is 12.4 Å². The van der Waals surface area contributed by atoms with Gasteiger partial charge in [0, 0.05) is 12.5 Å². The van der Waals surface area contributed by atoms with E-state index in [9.17, 15) is 13.2 Å². The average Bonchev–Trinajstić information content (AvgIpc) is 2.12. The zero-order valence-corrected chi connectivity index (χ0v) is 10.3. The number of aliphatic carboxylic acids is 1. The molecule has 0 aromatic rings. The molecule has 0 unspecified atom stereocenters. The molecule has 0 fully saturated rings. The molecule has 0 aliphatic rings. The van der Waals surface area contributed by atoms with E-state index in [0.717, 1.165) is 0 Å². The van der Waals surface area contributed by atoms with E-state index in [1.807, 2.05) is 0 Å². The lowest BCUT2D eigenvalue weighted by atomic mass is 10.1. The van der Waals surface area contributed by atoms with E-state index in [0.29, 0.717) is 0 Å². The standard InChI is InChI=1S/C9H19NO5S/c1-7(2)8(6-11)10-16(14,15)5-3-4-9(12)13/h7-8,10-11H,3-6H2,1-2H3,(H,12,13)/t8-/m1/s1. The fourth-order valence-electron chi connectivity index (χ4n) is 1.09. The molecule has 0 amide bonds. The highest BCUT2D eigenvalue weighted by atomic mass is 32.2. The monoisotopic (exact) mass is 253 g/mol. The minimum absolute atomic E-state index is 0.0146. The summed E-state index contributed by atoms with van der Waals surface area (Å²) >= 11 is 0. The van der Waals surface area contributed by atoms with Crippen LogP contribution < -0.4 is 4.72 Å². The highest BCUT2D eigenvalue weighted by Crippen LogP contribution is 2.04. The summed E-state index contributed by atoms with van der Waals surface area (Å²) in [5, 5.41) is 17.3. The van der Waals surface area contributed by atoms with E-state index >= 15 is 0 Å². The number of hydrogen-bond donors (Lipinski definition) is 3. The first-order chi connectivity index (χ1) is 7.28. The van der Waals surface area contributed by atoms with Crippen molar-refractivity contribution in [2.24, 2.45) is 5.92 Å². The lowest BCUT2D eigenvalue weighted by molar-refractivity contribution is -0.137. The maximum atomic E-state index is 11.5. The Balaban J connectivity index is 4.18. The van der Waals surface area contributed by atoms with Crippen molar-refractivity contribution >= 4 is 16.0 Å². The van der Waals surface area contributed by atoms with Crippen LogP contribution in [0.3, 0.4) is 0 Å². The molecule has 7 heteroatoms. The van der Waals surface area contributed by atoms with Crippen LogP contribution in [0.2, 0.25) is 0 Å². The van der Waals surface area contributed by atoms with E-state index in [-0.39, 0.29) is 31.1 Å². The van der Waals surface area contributed by atoms with E-state index in [4.69, 9.17) is 10.2 Å². The van der Waals surface area contributed by atoms with Gasteiger partial charge in [0.25, 0.3) is 0 Å². The summed E-state index contributed by atoms with van der Waals surface area (Å²) in [7, 11) is -3.51. The number of aliphatic hydroxyl groups excluding tert-OH is 1. The van der Waals surface area contributed by atoms with Crippen molar-refractivity contribution in [2.75, 3.05) is 12.4 Å². The number of carbonyl (C=O) groups is 1. The molecule has 0 aliphatic heterocycles. The number of nitrogens with one attached hydrogen (secondary N) is 1. The van der Waals surface area contributed by atoms with Gasteiger partial charge in [-0.05, 0) is 12.3 Å². The molecule has 0 aliphatic carbocycles. The molecule has 0 aromatic carbocycles. The molecule has 0 bridgehead atoms. The maximum absolute atomic E-state index is 11.5. The van der Waals surface area contributed by atoms with Crippen LogP contribution in [0.15, 0.2) is 0 Å². The number of aliphatic hydroxyl groups is 1. The number of rotatable bonds is 8. The predicted octanol–water partition coefficient (Wildman–Crippen LogP) is -0.212. The molecule has 0 rings (SSSR count). The summed E-state index contributed by atoms with van der Waals surface area (Å²) in [6.45, 7) is 3.32. The largest absolute Gasteiger partial charge is 0.481 e. The first kappa shape index (κ1) is 15.3. The molecule has 3 N–H and O–H groups in total. The van der Waals surface area contributed by atoms with Crippen LogP contribution in [0.1, 0.15) is 26.7 Å². The molecule has 96 valence electrons. The molecule has 0 heterocycles. The van der Waals surface area contributed by atoms with Crippen molar-refractivity contribution in [2.45, 2.75) is 32.7 Å². The van der Waals surface area contributed by atoms with E-state index in [1.165, 1.54) is 0 Å². The van der Waals surface area contributed by atoms with Crippen molar-refractivity contribution in [1.29, 1.82) is 0 Å². The average molecular weight is 253 g/mol. The van der Waals surface area contributed by atoms with Gasteiger partial charge >= 0.3 is 5.97 Å². The molecule has 0 radical (unpaired) electrons. The summed E-state index contributed by atoms with van der Waals surface area (Å²) in [6, 6.07) is -0.519. The molecule has 0 aromatic heterocycles. The Hall–Kier alpha value is -0.660. The minimum atomic E-state index is -3.51. The molecule has 16 heavy (non-hydrogen) atoms. The van der Waals surface area contributed by atoms with Crippen LogP contribution in [0.5, 0.6) is 0 Å². The zero-order chi connectivity index (χ0) is 12.8. The Labute approximate surface area is 95.7 Å². The van der Waals surface area contributed by atoms with Gasteiger partial charge in [-0.15, -0.1) is 0 Å². The van der Waals surface area contributed by atoms with Crippen LogP contribution in [-0.2, 0) is 14.8 Å². The van der Waals surface area contributed by atoms with Gasteiger partial charge in [-0.1, -0.05) is 13.8 Å². The van der Waals surface area contributed by atoms with Gasteiger partial charge in [-0.2, -0.15) is 0 Å². The lowest BCUT2D eigenvalue weighted by Gasteiger charge is -2.19. The molecular weight excluding hydrogens is 234 g/mol. The normalized spacial score (nSPS) is 14.0. The van der Waals surface area contributed by atoms with E-state index in [1.54, 1.807) is 13.8 Å². The van der Waals surface area contributed by atoms with Gasteiger partial charge in [0.1, 0.15) is 0 Å². The van der Waals surface area contributed by atoms with Crippen LogP contribution >= 0.6 is 0 Å². The zero-order valence-electron chi connectivity index (χ0n) is 9.51. The number of carboxylic acid groups (broad SMARTS) is 1. The van der Waals surface area contributed by atoms with Crippen LogP contribution in [0, 0.1) is 5.92 Å². The van der Waals surface area contributed by atoms with Crippen molar-refractivity contribution in [3.63, 3.8) is 0 Å². The molecule has 0 saturated heterocycles. The Kier molecular flexibility index (Phi) is 6.54. The molecule has 1 atom stereocenters. The summed E-state index contributed by atoms with van der Waals surface area (Å²) in [5.41, 5.74) is 0. The van der Waals surface area contributed by atoms with Gasteiger partial charge in [0.15, 0.2) is 0 Å². The first-order valence-corrected chi connectivity index (χ1v) is 6.76. The first-order valence-electron chi connectivity index (χ1n) is 5.11. The Morgan fingerprint density at radius 1 is 1.38 bits per heavy atom. The summed E-state index contributed by atoms with van der Waals surface area (Å²) in [5.74, 6) is -1.26. The molecule has 0 spiro atoms. The fourth-order valence-corrected chi connectivity index (χ4v) is 2.54. The Bertz CT molecular complexity index is 312. The Morgan fingerprint density at radius 2 is 1.94 bits per heavy atom. The summed E-state index contributed by atoms with van der Waals surface area (Å²) in [4.78, 5) is 10.2. The molecule has 0 saturated carbocycles. The van der Waals surface area contributed by atoms with Gasteiger partial charge in [-0.3, -0.25) is 4.79 Å². The van der Waals surface area contributed by atoms with Gasteiger partial charge in [0.2, 0.25) is 10.0 Å². The third kappa shape index (κ3) is 6.76. The lowest BCUT2D eigenvalue weighted by Crippen LogP contribution is -2.42. The van der Waals surface area contributed by atoms with Gasteiger partial charge < -0.3 is 10.2 Å². The maximum Gasteiger partial charge on any atom is 0.303 e. The van der Waals surface area contributed by atoms with E-state index in [2.05, 4.69) is 4.72 Å².